The van der Waals surface area contributed by atoms with E-state index in [4.69, 9.17) is 5.73 Å². The van der Waals surface area contributed by atoms with Crippen LogP contribution in [0.25, 0.3) is 10.9 Å². The zero-order valence-corrected chi connectivity index (χ0v) is 20.5. The first kappa shape index (κ1) is 28.3. The Hall–Kier alpha value is -4.26. The quantitative estimate of drug-likeness (QED) is 0.136. The van der Waals surface area contributed by atoms with E-state index in [2.05, 4.69) is 20.9 Å². The van der Waals surface area contributed by atoms with Gasteiger partial charge in [-0.3, -0.25) is 14.4 Å². The highest BCUT2D eigenvalue weighted by Crippen LogP contribution is 2.19. The summed E-state index contributed by atoms with van der Waals surface area (Å²) in [5, 5.41) is 36.0. The largest absolute Gasteiger partial charge is 0.480 e. The van der Waals surface area contributed by atoms with Gasteiger partial charge in [0, 0.05) is 29.9 Å². The van der Waals surface area contributed by atoms with Crippen molar-refractivity contribution in [1.82, 2.24) is 20.9 Å². The number of para-hydroxylation sites is 1. The van der Waals surface area contributed by atoms with E-state index in [1.165, 1.54) is 0 Å². The molecule has 4 unspecified atom stereocenters. The number of benzene rings is 2. The first-order valence-corrected chi connectivity index (χ1v) is 11.9. The summed E-state index contributed by atoms with van der Waals surface area (Å²) in [6.45, 7) is -1.48. The fourth-order valence-corrected chi connectivity index (χ4v) is 3.88. The van der Waals surface area contributed by atoms with Crippen molar-refractivity contribution in [3.05, 3.63) is 71.9 Å². The monoisotopic (exact) mass is 525 g/mol. The molecule has 202 valence electrons. The molecule has 3 amide bonds. The van der Waals surface area contributed by atoms with E-state index in [-0.39, 0.29) is 12.8 Å². The van der Waals surface area contributed by atoms with Crippen molar-refractivity contribution in [2.24, 2.45) is 5.73 Å². The lowest BCUT2D eigenvalue weighted by Gasteiger charge is -2.25. The lowest BCUT2D eigenvalue weighted by Crippen LogP contribution is -2.58. The highest BCUT2D eigenvalue weighted by molar-refractivity contribution is 5.95. The molecule has 3 aromatic rings. The van der Waals surface area contributed by atoms with Gasteiger partial charge < -0.3 is 42.0 Å². The normalized spacial score (nSPS) is 14.2. The van der Waals surface area contributed by atoms with E-state index < -0.39 is 61.1 Å². The number of rotatable bonds is 13. The Bertz CT molecular complexity index is 1260. The predicted molar refractivity (Wildman–Crippen MR) is 138 cm³/mol. The predicted octanol–water partition coefficient (Wildman–Crippen LogP) is -1.20. The maximum atomic E-state index is 13.4. The van der Waals surface area contributed by atoms with Crippen molar-refractivity contribution in [3.63, 3.8) is 0 Å². The molecule has 2 aromatic carbocycles. The number of carbonyl (C=O) groups is 4. The topological polar surface area (TPSA) is 207 Å². The van der Waals surface area contributed by atoms with Gasteiger partial charge in [-0.25, -0.2) is 4.79 Å². The Balaban J connectivity index is 1.88. The van der Waals surface area contributed by atoms with Crippen LogP contribution in [-0.4, -0.2) is 81.4 Å². The molecule has 0 bridgehead atoms. The van der Waals surface area contributed by atoms with Crippen LogP contribution in [-0.2, 0) is 32.0 Å². The van der Waals surface area contributed by atoms with Crippen LogP contribution in [0, 0.1) is 0 Å². The summed E-state index contributed by atoms with van der Waals surface area (Å²) in [7, 11) is 0. The van der Waals surface area contributed by atoms with Crippen LogP contribution in [0.1, 0.15) is 11.1 Å². The number of nitrogens with one attached hydrogen (secondary N) is 4. The molecule has 0 aliphatic heterocycles. The number of aliphatic carboxylic acids is 1. The smallest absolute Gasteiger partial charge is 0.328 e. The summed E-state index contributed by atoms with van der Waals surface area (Å²) < 4.78 is 0. The van der Waals surface area contributed by atoms with Gasteiger partial charge in [-0.15, -0.1) is 0 Å². The van der Waals surface area contributed by atoms with Gasteiger partial charge in [-0.1, -0.05) is 48.5 Å². The summed E-state index contributed by atoms with van der Waals surface area (Å²) in [6, 6.07) is 10.9. The molecule has 12 heteroatoms. The molecule has 1 aromatic heterocycles. The molecular weight excluding hydrogens is 494 g/mol. The average Bonchev–Trinajstić information content (AvgIpc) is 3.33. The minimum Gasteiger partial charge on any atom is -0.480 e. The third kappa shape index (κ3) is 7.38. The number of amides is 3. The number of aliphatic hydroxyl groups excluding tert-OH is 2. The number of hydrogen-bond donors (Lipinski definition) is 8. The molecule has 0 aliphatic carbocycles. The van der Waals surface area contributed by atoms with Crippen LogP contribution in [0.15, 0.2) is 60.8 Å². The highest BCUT2D eigenvalue weighted by Gasteiger charge is 2.31. The Morgan fingerprint density at radius 1 is 0.763 bits per heavy atom. The maximum Gasteiger partial charge on any atom is 0.328 e. The van der Waals surface area contributed by atoms with Gasteiger partial charge >= 0.3 is 5.97 Å². The zero-order valence-electron chi connectivity index (χ0n) is 20.5. The molecule has 0 radical (unpaired) electrons. The fourth-order valence-electron chi connectivity index (χ4n) is 3.88. The van der Waals surface area contributed by atoms with Gasteiger partial charge in [0.05, 0.1) is 13.2 Å². The van der Waals surface area contributed by atoms with E-state index in [1.54, 1.807) is 36.5 Å². The molecule has 0 aliphatic rings. The molecule has 0 spiro atoms. The van der Waals surface area contributed by atoms with Crippen LogP contribution in [0.3, 0.4) is 0 Å². The Labute approximate surface area is 218 Å². The molecule has 0 saturated heterocycles. The van der Waals surface area contributed by atoms with Gasteiger partial charge in [-0.2, -0.15) is 0 Å². The van der Waals surface area contributed by atoms with Crippen LogP contribution in [0.4, 0.5) is 0 Å². The number of fused-ring (bicyclic) bond motifs is 1. The van der Waals surface area contributed by atoms with Crippen molar-refractivity contribution < 1.29 is 34.5 Å². The average molecular weight is 526 g/mol. The Morgan fingerprint density at radius 3 is 1.97 bits per heavy atom. The van der Waals surface area contributed by atoms with Crippen LogP contribution in [0.5, 0.6) is 0 Å². The van der Waals surface area contributed by atoms with Crippen molar-refractivity contribution >= 4 is 34.6 Å². The summed E-state index contributed by atoms with van der Waals surface area (Å²) in [5.74, 6) is -3.75. The molecule has 4 atom stereocenters. The van der Waals surface area contributed by atoms with Gasteiger partial charge in [-0.05, 0) is 17.2 Å². The molecule has 3 rings (SSSR count). The summed E-state index contributed by atoms with van der Waals surface area (Å²) in [4.78, 5) is 53.4. The highest BCUT2D eigenvalue weighted by atomic mass is 16.4. The molecular formula is C26H31N5O7. The number of nitrogens with two attached hydrogens (primary N) is 1. The van der Waals surface area contributed by atoms with Crippen LogP contribution in [0.2, 0.25) is 0 Å². The van der Waals surface area contributed by atoms with E-state index in [1.807, 2.05) is 24.3 Å². The van der Waals surface area contributed by atoms with E-state index in [0.29, 0.717) is 5.56 Å². The lowest BCUT2D eigenvalue weighted by atomic mass is 10.0. The number of hydrogen-bond acceptors (Lipinski definition) is 7. The van der Waals surface area contributed by atoms with Crippen molar-refractivity contribution in [2.45, 2.75) is 37.0 Å². The summed E-state index contributed by atoms with van der Waals surface area (Å²) in [5.41, 5.74) is 7.81. The van der Waals surface area contributed by atoms with Gasteiger partial charge in [0.1, 0.15) is 24.2 Å². The number of carboxylic acid groups (broad SMARTS) is 1. The first-order chi connectivity index (χ1) is 18.2. The third-order valence-corrected chi connectivity index (χ3v) is 5.98. The second-order valence-electron chi connectivity index (χ2n) is 8.75. The number of aromatic nitrogens is 1. The van der Waals surface area contributed by atoms with Crippen molar-refractivity contribution in [1.29, 1.82) is 0 Å². The number of H-pyrrole nitrogens is 1. The lowest BCUT2D eigenvalue weighted by molar-refractivity contribution is -0.143. The number of aromatic amines is 1. The molecule has 9 N–H and O–H groups in total. The SMILES string of the molecule is NC(CO)C(=O)NC(Cc1ccccc1)C(=O)NC(Cc1c[nH]c2ccccc12)C(=O)NC(CO)C(=O)O. The minimum atomic E-state index is -1.58. The Kier molecular flexibility index (Phi) is 9.93. The molecule has 0 fully saturated rings. The van der Waals surface area contributed by atoms with Crippen LogP contribution >= 0.6 is 0 Å². The van der Waals surface area contributed by atoms with Gasteiger partial charge in [0.15, 0.2) is 0 Å². The van der Waals surface area contributed by atoms with E-state index >= 15 is 0 Å². The summed E-state index contributed by atoms with van der Waals surface area (Å²) in [6.07, 6.45) is 1.73. The Morgan fingerprint density at radius 2 is 1.34 bits per heavy atom. The van der Waals surface area contributed by atoms with E-state index in [9.17, 15) is 34.5 Å². The number of aliphatic hydroxyl groups is 2. The summed E-state index contributed by atoms with van der Waals surface area (Å²) >= 11 is 0. The van der Waals surface area contributed by atoms with Gasteiger partial charge in [0.25, 0.3) is 0 Å². The standard InChI is InChI=1S/C26H31N5O7/c27-18(13-32)23(34)29-20(10-15-6-2-1-3-7-15)24(35)30-21(25(36)31-22(14-33)26(37)38)11-16-12-28-19-9-5-4-8-17(16)19/h1-9,12,18,20-22,28,32-33H,10-11,13-14,27H2,(H,29,34)(H,30,35)(H,31,36)(H,37,38). The minimum absolute atomic E-state index is 0.0124. The van der Waals surface area contributed by atoms with E-state index in [0.717, 1.165) is 16.5 Å². The molecule has 38 heavy (non-hydrogen) atoms. The second kappa shape index (κ2) is 13.3. The zero-order chi connectivity index (χ0) is 27.7. The molecule has 12 nitrogen and oxygen atoms in total. The number of carboxylic acids is 1. The van der Waals surface area contributed by atoms with Crippen LogP contribution < -0.4 is 21.7 Å². The van der Waals surface area contributed by atoms with Crippen molar-refractivity contribution in [2.75, 3.05) is 13.2 Å². The molecule has 1 heterocycles. The second-order valence-corrected chi connectivity index (χ2v) is 8.75. The number of carbonyl (C=O) groups excluding carboxylic acids is 3. The fraction of sp³-hybridized carbons (Fsp3) is 0.308. The van der Waals surface area contributed by atoms with Gasteiger partial charge in [0.2, 0.25) is 17.7 Å². The molecule has 0 saturated carbocycles. The third-order valence-electron chi connectivity index (χ3n) is 5.98. The first-order valence-electron chi connectivity index (χ1n) is 11.9. The van der Waals surface area contributed by atoms with Crippen molar-refractivity contribution in [3.8, 4) is 0 Å². The maximum absolute atomic E-state index is 13.4.